The molecule has 0 aliphatic carbocycles. The summed E-state index contributed by atoms with van der Waals surface area (Å²) in [6, 6.07) is 8.76. The van der Waals surface area contributed by atoms with Crippen LogP contribution in [0.5, 0.6) is 0 Å². The quantitative estimate of drug-likeness (QED) is 0.648. The lowest BCUT2D eigenvalue weighted by Gasteiger charge is -2.23. The molecule has 3 nitrogen and oxygen atoms in total. The zero-order valence-electron chi connectivity index (χ0n) is 9.00. The topological polar surface area (TPSA) is 50.1 Å². The van der Waals surface area contributed by atoms with Crippen molar-refractivity contribution in [2.75, 3.05) is 18.8 Å². The Morgan fingerprint density at radius 2 is 1.87 bits per heavy atom. The van der Waals surface area contributed by atoms with Crippen LogP contribution >= 0.6 is 0 Å². The molecule has 1 heterocycles. The SMILES string of the molecule is Nc1ccc(CNC2CCNCC2)cc1. The maximum Gasteiger partial charge on any atom is 0.0314 e. The van der Waals surface area contributed by atoms with Gasteiger partial charge in [0.15, 0.2) is 0 Å². The number of anilines is 1. The van der Waals surface area contributed by atoms with Crippen molar-refractivity contribution >= 4 is 5.69 Å². The van der Waals surface area contributed by atoms with Crippen LogP contribution in [-0.2, 0) is 6.54 Å². The number of benzene rings is 1. The van der Waals surface area contributed by atoms with E-state index in [-0.39, 0.29) is 0 Å². The van der Waals surface area contributed by atoms with Crippen molar-refractivity contribution in [2.24, 2.45) is 0 Å². The van der Waals surface area contributed by atoms with Crippen molar-refractivity contribution in [1.82, 2.24) is 10.6 Å². The molecule has 1 aromatic carbocycles. The molecule has 0 atom stereocenters. The van der Waals surface area contributed by atoms with E-state index in [0.29, 0.717) is 6.04 Å². The van der Waals surface area contributed by atoms with Crippen molar-refractivity contribution in [2.45, 2.75) is 25.4 Å². The molecule has 1 saturated heterocycles. The minimum atomic E-state index is 0.670. The van der Waals surface area contributed by atoms with E-state index < -0.39 is 0 Å². The van der Waals surface area contributed by atoms with E-state index in [0.717, 1.165) is 25.3 Å². The highest BCUT2D eigenvalue weighted by molar-refractivity contribution is 5.39. The van der Waals surface area contributed by atoms with Gasteiger partial charge in [0.2, 0.25) is 0 Å². The third-order valence-corrected chi connectivity index (χ3v) is 2.91. The molecule has 2 rings (SSSR count). The van der Waals surface area contributed by atoms with Crippen LogP contribution in [0.3, 0.4) is 0 Å². The van der Waals surface area contributed by atoms with Crippen LogP contribution in [0.2, 0.25) is 0 Å². The molecule has 4 N–H and O–H groups in total. The molecule has 3 heteroatoms. The van der Waals surface area contributed by atoms with Crippen LogP contribution in [0, 0.1) is 0 Å². The number of hydrogen-bond acceptors (Lipinski definition) is 3. The number of rotatable bonds is 3. The average molecular weight is 205 g/mol. The van der Waals surface area contributed by atoms with Crippen molar-refractivity contribution in [3.05, 3.63) is 29.8 Å². The molecule has 0 unspecified atom stereocenters. The number of piperidine rings is 1. The van der Waals surface area contributed by atoms with Gasteiger partial charge in [0.25, 0.3) is 0 Å². The van der Waals surface area contributed by atoms with Gasteiger partial charge in [0, 0.05) is 18.3 Å². The Morgan fingerprint density at radius 3 is 2.53 bits per heavy atom. The van der Waals surface area contributed by atoms with Crippen molar-refractivity contribution in [3.63, 3.8) is 0 Å². The molecule has 1 aliphatic rings. The fourth-order valence-electron chi connectivity index (χ4n) is 1.92. The summed E-state index contributed by atoms with van der Waals surface area (Å²) >= 11 is 0. The van der Waals surface area contributed by atoms with E-state index in [9.17, 15) is 0 Å². The van der Waals surface area contributed by atoms with Gasteiger partial charge in [-0.3, -0.25) is 0 Å². The fourth-order valence-corrected chi connectivity index (χ4v) is 1.92. The van der Waals surface area contributed by atoms with Gasteiger partial charge >= 0.3 is 0 Å². The van der Waals surface area contributed by atoms with Crippen LogP contribution in [0.15, 0.2) is 24.3 Å². The average Bonchev–Trinajstić information content (AvgIpc) is 2.30. The van der Waals surface area contributed by atoms with Gasteiger partial charge in [-0.2, -0.15) is 0 Å². The largest absolute Gasteiger partial charge is 0.399 e. The second-order valence-corrected chi connectivity index (χ2v) is 4.15. The summed E-state index contributed by atoms with van der Waals surface area (Å²) in [7, 11) is 0. The summed E-state index contributed by atoms with van der Waals surface area (Å²) < 4.78 is 0. The molecule has 1 aliphatic heterocycles. The monoisotopic (exact) mass is 205 g/mol. The van der Waals surface area contributed by atoms with Gasteiger partial charge in [-0.25, -0.2) is 0 Å². The Kier molecular flexibility index (Phi) is 3.59. The third kappa shape index (κ3) is 3.22. The zero-order valence-corrected chi connectivity index (χ0v) is 9.00. The minimum absolute atomic E-state index is 0.670. The third-order valence-electron chi connectivity index (χ3n) is 2.91. The molecule has 1 aromatic rings. The van der Waals surface area contributed by atoms with E-state index in [2.05, 4.69) is 22.8 Å². The zero-order chi connectivity index (χ0) is 10.5. The molecular formula is C12H19N3. The van der Waals surface area contributed by atoms with Crippen LogP contribution < -0.4 is 16.4 Å². The highest BCUT2D eigenvalue weighted by Gasteiger charge is 2.11. The van der Waals surface area contributed by atoms with Gasteiger partial charge in [-0.05, 0) is 43.6 Å². The molecule has 0 saturated carbocycles. The normalized spacial score (nSPS) is 17.9. The first-order chi connectivity index (χ1) is 7.34. The first-order valence-corrected chi connectivity index (χ1v) is 5.63. The maximum atomic E-state index is 5.64. The highest BCUT2D eigenvalue weighted by Crippen LogP contribution is 2.07. The first-order valence-electron chi connectivity index (χ1n) is 5.63. The number of hydrogen-bond donors (Lipinski definition) is 3. The molecule has 15 heavy (non-hydrogen) atoms. The van der Waals surface area contributed by atoms with Gasteiger partial charge in [-0.1, -0.05) is 12.1 Å². The number of nitrogens with one attached hydrogen (secondary N) is 2. The summed E-state index contributed by atoms with van der Waals surface area (Å²) in [5.41, 5.74) is 7.78. The number of nitrogens with two attached hydrogens (primary N) is 1. The van der Waals surface area contributed by atoms with Crippen molar-refractivity contribution in [1.29, 1.82) is 0 Å². The van der Waals surface area contributed by atoms with E-state index >= 15 is 0 Å². The first kappa shape index (κ1) is 10.5. The maximum absolute atomic E-state index is 5.64. The fraction of sp³-hybridized carbons (Fsp3) is 0.500. The lowest BCUT2D eigenvalue weighted by Crippen LogP contribution is -2.39. The minimum Gasteiger partial charge on any atom is -0.399 e. The number of nitrogen functional groups attached to an aromatic ring is 1. The smallest absolute Gasteiger partial charge is 0.0314 e. The summed E-state index contributed by atoms with van der Waals surface area (Å²) in [5.74, 6) is 0. The Labute approximate surface area is 91.1 Å². The summed E-state index contributed by atoms with van der Waals surface area (Å²) in [6.07, 6.45) is 2.46. The van der Waals surface area contributed by atoms with E-state index in [1.807, 2.05) is 12.1 Å². The molecule has 0 radical (unpaired) electrons. The van der Waals surface area contributed by atoms with Gasteiger partial charge in [0.05, 0.1) is 0 Å². The second kappa shape index (κ2) is 5.14. The highest BCUT2D eigenvalue weighted by atomic mass is 15.0. The van der Waals surface area contributed by atoms with Crippen LogP contribution in [0.25, 0.3) is 0 Å². The van der Waals surface area contributed by atoms with Crippen LogP contribution in [-0.4, -0.2) is 19.1 Å². The lowest BCUT2D eigenvalue weighted by molar-refractivity contribution is 0.386. The van der Waals surface area contributed by atoms with E-state index in [1.54, 1.807) is 0 Å². The van der Waals surface area contributed by atoms with Crippen molar-refractivity contribution in [3.8, 4) is 0 Å². The summed E-state index contributed by atoms with van der Waals surface area (Å²) in [5, 5.41) is 6.94. The summed E-state index contributed by atoms with van der Waals surface area (Å²) in [4.78, 5) is 0. The van der Waals surface area contributed by atoms with E-state index in [4.69, 9.17) is 5.73 Å². The molecule has 0 bridgehead atoms. The molecule has 1 fully saturated rings. The Balaban J connectivity index is 1.79. The van der Waals surface area contributed by atoms with Gasteiger partial charge in [0.1, 0.15) is 0 Å². The molecule has 0 aromatic heterocycles. The second-order valence-electron chi connectivity index (χ2n) is 4.15. The standard InChI is InChI=1S/C12H19N3/c13-11-3-1-10(2-4-11)9-15-12-5-7-14-8-6-12/h1-4,12,14-15H,5-9,13H2. The van der Waals surface area contributed by atoms with Crippen molar-refractivity contribution < 1.29 is 0 Å². The molecular weight excluding hydrogens is 186 g/mol. The Hall–Kier alpha value is -1.06. The lowest BCUT2D eigenvalue weighted by atomic mass is 10.1. The van der Waals surface area contributed by atoms with Crippen LogP contribution in [0.4, 0.5) is 5.69 Å². The van der Waals surface area contributed by atoms with E-state index in [1.165, 1.54) is 18.4 Å². The molecule has 0 amide bonds. The Morgan fingerprint density at radius 1 is 1.20 bits per heavy atom. The van der Waals surface area contributed by atoms with Gasteiger partial charge < -0.3 is 16.4 Å². The predicted molar refractivity (Wildman–Crippen MR) is 63.6 cm³/mol. The molecule has 0 spiro atoms. The van der Waals surface area contributed by atoms with Gasteiger partial charge in [-0.15, -0.1) is 0 Å². The van der Waals surface area contributed by atoms with Crippen LogP contribution in [0.1, 0.15) is 18.4 Å². The summed E-state index contributed by atoms with van der Waals surface area (Å²) in [6.45, 7) is 3.23. The Bertz CT molecular complexity index is 288. The predicted octanol–water partition coefficient (Wildman–Crippen LogP) is 1.11. The molecule has 82 valence electrons.